The quantitative estimate of drug-likeness (QED) is 0.791. The lowest BCUT2D eigenvalue weighted by Gasteiger charge is -2.31. The van der Waals surface area contributed by atoms with Crippen LogP contribution in [0.15, 0.2) is 18.2 Å². The summed E-state index contributed by atoms with van der Waals surface area (Å²) in [6, 6.07) is 6.73. The topological polar surface area (TPSA) is 20.3 Å². The number of hydrogen-bond donors (Lipinski definition) is 0. The van der Waals surface area contributed by atoms with Gasteiger partial charge in [0.15, 0.2) is 0 Å². The van der Waals surface area contributed by atoms with E-state index in [2.05, 4.69) is 30.0 Å². The second kappa shape index (κ2) is 6.03. The fourth-order valence-corrected chi connectivity index (χ4v) is 2.68. The van der Waals surface area contributed by atoms with E-state index >= 15 is 0 Å². The molecule has 0 radical (unpaired) electrons. The Hall–Kier alpha value is -1.31. The second-order valence-electron chi connectivity index (χ2n) is 5.22. The number of ketones is 1. The normalized spacial score (nSPS) is 14.4. The summed E-state index contributed by atoms with van der Waals surface area (Å²) >= 11 is 0. The Bertz CT molecular complexity index is 425. The van der Waals surface area contributed by atoms with Crippen molar-refractivity contribution in [1.82, 2.24) is 0 Å². The van der Waals surface area contributed by atoms with Crippen LogP contribution >= 0.6 is 0 Å². The van der Waals surface area contributed by atoms with E-state index in [1.165, 1.54) is 29.7 Å². The maximum Gasteiger partial charge on any atom is 0.132 e. The van der Waals surface area contributed by atoms with Crippen LogP contribution in [0.1, 0.15) is 43.7 Å². The van der Waals surface area contributed by atoms with Gasteiger partial charge in [0.05, 0.1) is 0 Å². The van der Waals surface area contributed by atoms with Gasteiger partial charge in [-0.15, -0.1) is 0 Å². The number of rotatable bonds is 5. The van der Waals surface area contributed by atoms with Crippen molar-refractivity contribution in [3.05, 3.63) is 29.3 Å². The fourth-order valence-electron chi connectivity index (χ4n) is 2.68. The summed E-state index contributed by atoms with van der Waals surface area (Å²) in [5, 5.41) is 0. The lowest BCUT2D eigenvalue weighted by atomic mass is 9.99. The van der Waals surface area contributed by atoms with E-state index in [9.17, 15) is 4.79 Å². The standard InChI is InChI=1S/C16H23NO/c1-3-15(18)7-5-11-17-10-4-6-14-12-13(2)8-9-16(14)17/h8-9,12H,3-7,10-11H2,1-2H3. The molecule has 1 aliphatic rings. The fraction of sp³-hybridized carbons (Fsp3) is 0.562. The molecule has 0 aromatic heterocycles. The average molecular weight is 245 g/mol. The molecule has 0 atom stereocenters. The van der Waals surface area contributed by atoms with Gasteiger partial charge in [0.1, 0.15) is 5.78 Å². The molecule has 0 aliphatic carbocycles. The lowest BCUT2D eigenvalue weighted by molar-refractivity contribution is -0.118. The first-order valence-electron chi connectivity index (χ1n) is 7.07. The number of anilines is 1. The van der Waals surface area contributed by atoms with Gasteiger partial charge in [-0.1, -0.05) is 24.6 Å². The molecular formula is C16H23NO. The highest BCUT2D eigenvalue weighted by Gasteiger charge is 2.16. The minimum atomic E-state index is 0.385. The summed E-state index contributed by atoms with van der Waals surface area (Å²) in [7, 11) is 0. The van der Waals surface area contributed by atoms with Gasteiger partial charge in [-0.05, 0) is 37.8 Å². The van der Waals surface area contributed by atoms with Crippen LogP contribution in [0, 0.1) is 6.92 Å². The minimum Gasteiger partial charge on any atom is -0.371 e. The van der Waals surface area contributed by atoms with Crippen molar-refractivity contribution >= 4 is 11.5 Å². The van der Waals surface area contributed by atoms with Gasteiger partial charge in [0.25, 0.3) is 0 Å². The first-order valence-corrected chi connectivity index (χ1v) is 7.07. The molecule has 0 saturated carbocycles. The number of aryl methyl sites for hydroxylation is 2. The molecule has 0 unspecified atom stereocenters. The second-order valence-corrected chi connectivity index (χ2v) is 5.22. The Morgan fingerprint density at radius 1 is 1.39 bits per heavy atom. The van der Waals surface area contributed by atoms with Crippen LogP contribution in [0.2, 0.25) is 0 Å². The van der Waals surface area contributed by atoms with E-state index in [1.807, 2.05) is 6.92 Å². The zero-order valence-electron chi connectivity index (χ0n) is 11.5. The SMILES string of the molecule is CCC(=O)CCCN1CCCc2cc(C)ccc21. The summed E-state index contributed by atoms with van der Waals surface area (Å²) in [5.74, 6) is 0.385. The minimum absolute atomic E-state index is 0.385. The highest BCUT2D eigenvalue weighted by Crippen LogP contribution is 2.28. The maximum absolute atomic E-state index is 11.3. The van der Waals surface area contributed by atoms with E-state index in [0.717, 1.165) is 25.9 Å². The monoisotopic (exact) mass is 245 g/mol. The molecule has 98 valence electrons. The summed E-state index contributed by atoms with van der Waals surface area (Å²) in [6.07, 6.45) is 4.82. The predicted molar refractivity (Wildman–Crippen MR) is 76.2 cm³/mol. The summed E-state index contributed by atoms with van der Waals surface area (Å²) < 4.78 is 0. The van der Waals surface area contributed by atoms with Gasteiger partial charge in [-0.2, -0.15) is 0 Å². The molecule has 2 rings (SSSR count). The van der Waals surface area contributed by atoms with Gasteiger partial charge < -0.3 is 4.90 Å². The van der Waals surface area contributed by atoms with Crippen LogP contribution in [0.5, 0.6) is 0 Å². The number of carbonyl (C=O) groups excluding carboxylic acids is 1. The number of hydrogen-bond acceptors (Lipinski definition) is 2. The van der Waals surface area contributed by atoms with E-state index in [0.29, 0.717) is 12.2 Å². The highest BCUT2D eigenvalue weighted by atomic mass is 16.1. The van der Waals surface area contributed by atoms with Crippen molar-refractivity contribution in [3.8, 4) is 0 Å². The Labute approximate surface area is 110 Å². The Morgan fingerprint density at radius 3 is 3.00 bits per heavy atom. The van der Waals surface area contributed by atoms with Crippen LogP contribution in [-0.4, -0.2) is 18.9 Å². The molecule has 2 heteroatoms. The Kier molecular flexibility index (Phi) is 4.40. The molecule has 1 aliphatic heterocycles. The predicted octanol–water partition coefficient (Wildman–Crippen LogP) is 3.51. The first kappa shape index (κ1) is 13.1. The van der Waals surface area contributed by atoms with E-state index in [4.69, 9.17) is 0 Å². The summed E-state index contributed by atoms with van der Waals surface area (Å²) in [4.78, 5) is 13.8. The number of Topliss-reactive ketones (excluding diaryl/α,β-unsaturated/α-hetero) is 1. The molecule has 1 heterocycles. The molecule has 18 heavy (non-hydrogen) atoms. The third kappa shape index (κ3) is 3.12. The third-order valence-electron chi connectivity index (χ3n) is 3.73. The van der Waals surface area contributed by atoms with Crippen LogP contribution in [0.25, 0.3) is 0 Å². The Morgan fingerprint density at radius 2 is 2.22 bits per heavy atom. The highest BCUT2D eigenvalue weighted by molar-refractivity contribution is 5.78. The zero-order valence-corrected chi connectivity index (χ0v) is 11.5. The van der Waals surface area contributed by atoms with Gasteiger partial charge in [-0.25, -0.2) is 0 Å². The van der Waals surface area contributed by atoms with Gasteiger partial charge in [0.2, 0.25) is 0 Å². The molecule has 1 aromatic rings. The van der Waals surface area contributed by atoms with E-state index in [-0.39, 0.29) is 0 Å². The van der Waals surface area contributed by atoms with Crippen molar-refractivity contribution in [3.63, 3.8) is 0 Å². The van der Waals surface area contributed by atoms with Crippen LogP contribution in [0.3, 0.4) is 0 Å². The summed E-state index contributed by atoms with van der Waals surface area (Å²) in [6.45, 7) is 6.25. The van der Waals surface area contributed by atoms with E-state index in [1.54, 1.807) is 0 Å². The molecule has 0 amide bonds. The van der Waals surface area contributed by atoms with Crippen molar-refractivity contribution < 1.29 is 4.79 Å². The van der Waals surface area contributed by atoms with E-state index < -0.39 is 0 Å². The van der Waals surface area contributed by atoms with Gasteiger partial charge in [0, 0.05) is 31.6 Å². The molecule has 0 fully saturated rings. The van der Waals surface area contributed by atoms with Crippen molar-refractivity contribution in [2.75, 3.05) is 18.0 Å². The first-order chi connectivity index (χ1) is 8.70. The number of benzene rings is 1. The number of nitrogens with zero attached hydrogens (tertiary/aromatic N) is 1. The number of fused-ring (bicyclic) bond motifs is 1. The largest absolute Gasteiger partial charge is 0.371 e. The molecule has 2 nitrogen and oxygen atoms in total. The molecular weight excluding hydrogens is 222 g/mol. The average Bonchev–Trinajstić information content (AvgIpc) is 2.38. The van der Waals surface area contributed by atoms with Gasteiger partial charge >= 0.3 is 0 Å². The van der Waals surface area contributed by atoms with Crippen LogP contribution < -0.4 is 4.90 Å². The molecule has 0 N–H and O–H groups in total. The molecule has 0 saturated heterocycles. The zero-order chi connectivity index (χ0) is 13.0. The molecule has 0 spiro atoms. The summed E-state index contributed by atoms with van der Waals surface area (Å²) in [5.41, 5.74) is 4.20. The number of carbonyl (C=O) groups is 1. The molecule has 1 aromatic carbocycles. The van der Waals surface area contributed by atoms with Crippen LogP contribution in [-0.2, 0) is 11.2 Å². The Balaban J connectivity index is 1.97. The van der Waals surface area contributed by atoms with Crippen LogP contribution in [0.4, 0.5) is 5.69 Å². The van der Waals surface area contributed by atoms with Crippen molar-refractivity contribution in [1.29, 1.82) is 0 Å². The smallest absolute Gasteiger partial charge is 0.132 e. The van der Waals surface area contributed by atoms with Crippen molar-refractivity contribution in [2.45, 2.75) is 46.0 Å². The molecule has 0 bridgehead atoms. The van der Waals surface area contributed by atoms with Crippen molar-refractivity contribution in [2.24, 2.45) is 0 Å². The third-order valence-corrected chi connectivity index (χ3v) is 3.73. The lowest BCUT2D eigenvalue weighted by Crippen LogP contribution is -2.30. The maximum atomic E-state index is 11.3. The van der Waals surface area contributed by atoms with Gasteiger partial charge in [-0.3, -0.25) is 4.79 Å².